The molecule has 0 radical (unpaired) electrons. The highest BCUT2D eigenvalue weighted by molar-refractivity contribution is 7.90. The molecule has 2 atom stereocenters. The molecule has 7 nitrogen and oxygen atoms in total. The molecule has 1 aromatic heterocycles. The van der Waals surface area contributed by atoms with Crippen LogP contribution in [0.5, 0.6) is 5.75 Å². The lowest BCUT2D eigenvalue weighted by molar-refractivity contribution is 0.0991. The number of anilines is 1. The van der Waals surface area contributed by atoms with E-state index in [0.29, 0.717) is 38.2 Å². The normalized spacial score (nSPS) is 26.2. The van der Waals surface area contributed by atoms with E-state index in [1.54, 1.807) is 25.4 Å². The number of aromatic nitrogens is 1. The number of likely N-dealkylation sites (tertiary alicyclic amines) is 1. The van der Waals surface area contributed by atoms with Crippen molar-refractivity contribution in [3.63, 3.8) is 0 Å². The summed E-state index contributed by atoms with van der Waals surface area (Å²) in [5.74, 6) is 0.356. The maximum absolute atomic E-state index is 14.0. The van der Waals surface area contributed by atoms with Crippen molar-refractivity contribution < 1.29 is 17.5 Å². The first-order valence-corrected chi connectivity index (χ1v) is 12.4. The Morgan fingerprint density at radius 1 is 1.28 bits per heavy atom. The molecule has 0 saturated carbocycles. The van der Waals surface area contributed by atoms with E-state index in [9.17, 15) is 12.8 Å². The number of nitrogens with zero attached hydrogens (tertiary/aromatic N) is 4. The monoisotopic (exact) mass is 462 g/mol. The molecule has 2 aliphatic rings. The molecule has 2 aromatic rings. The van der Waals surface area contributed by atoms with Crippen molar-refractivity contribution >= 4 is 15.9 Å². The predicted octanol–water partition coefficient (Wildman–Crippen LogP) is 3.43. The Bertz CT molecular complexity index is 1080. The Balaban J connectivity index is 1.56. The van der Waals surface area contributed by atoms with Crippen LogP contribution in [0.15, 0.2) is 42.6 Å². The molecule has 2 fully saturated rings. The summed E-state index contributed by atoms with van der Waals surface area (Å²) in [6, 6.07) is 9.80. The van der Waals surface area contributed by atoms with E-state index < -0.39 is 21.6 Å². The van der Waals surface area contributed by atoms with E-state index in [-0.39, 0.29) is 12.1 Å². The van der Waals surface area contributed by atoms with E-state index in [0.717, 1.165) is 11.4 Å². The van der Waals surface area contributed by atoms with Gasteiger partial charge in [-0.15, -0.1) is 0 Å². The Kier molecular flexibility index (Phi) is 6.17. The number of hydrogen-bond acceptors (Lipinski definition) is 5. The molecule has 0 N–H and O–H groups in total. The van der Waals surface area contributed by atoms with Gasteiger partial charge >= 0.3 is 10.2 Å². The molecule has 9 heteroatoms. The van der Waals surface area contributed by atoms with E-state index >= 15 is 0 Å². The van der Waals surface area contributed by atoms with Crippen molar-refractivity contribution in [2.24, 2.45) is 0 Å². The quantitative estimate of drug-likeness (QED) is 0.681. The fraction of sp³-hybridized carbons (Fsp3) is 0.522. The zero-order chi connectivity index (χ0) is 23.1. The van der Waals surface area contributed by atoms with Crippen molar-refractivity contribution in [3.8, 4) is 5.75 Å². The number of pyridine rings is 1. The minimum Gasteiger partial charge on any atom is -0.491 e. The van der Waals surface area contributed by atoms with Crippen LogP contribution in [0, 0.1) is 5.82 Å². The third-order valence-corrected chi connectivity index (χ3v) is 8.28. The SMILES string of the molecule is CC(C)Oc1ccnc(CN2CC[C@@]3(C[C@@H]2C)CN(C)S(=O)(=O)N3c2cccc(F)c2)c1. The molecule has 0 unspecified atom stereocenters. The van der Waals surface area contributed by atoms with Crippen LogP contribution in [0.4, 0.5) is 10.1 Å². The standard InChI is InChI=1S/C23H31FN4O3S/c1-17(2)31-22-8-10-25-20(13-22)15-27-11-9-23(14-18(27)3)16-26(4)32(29,30)28(23)21-7-5-6-19(24)12-21/h5-8,10,12-13,17-18H,9,11,14-16H2,1-4H3/t18-,23+/m0/s1. The fourth-order valence-electron chi connectivity index (χ4n) is 4.97. The summed E-state index contributed by atoms with van der Waals surface area (Å²) >= 11 is 0. The van der Waals surface area contributed by atoms with Gasteiger partial charge in [0.2, 0.25) is 0 Å². The maximum Gasteiger partial charge on any atom is 0.304 e. The van der Waals surface area contributed by atoms with E-state index in [1.807, 2.05) is 26.0 Å². The zero-order valence-electron chi connectivity index (χ0n) is 19.0. The van der Waals surface area contributed by atoms with Gasteiger partial charge in [0.15, 0.2) is 0 Å². The summed E-state index contributed by atoms with van der Waals surface area (Å²) in [5, 5.41) is 0. The van der Waals surface area contributed by atoms with Gasteiger partial charge in [-0.2, -0.15) is 12.7 Å². The number of benzene rings is 1. The predicted molar refractivity (Wildman–Crippen MR) is 122 cm³/mol. The van der Waals surface area contributed by atoms with Crippen LogP contribution in [0.2, 0.25) is 0 Å². The summed E-state index contributed by atoms with van der Waals surface area (Å²) in [6.45, 7) is 7.86. The molecular formula is C23H31FN4O3S. The van der Waals surface area contributed by atoms with Gasteiger partial charge in [0.05, 0.1) is 23.0 Å². The van der Waals surface area contributed by atoms with E-state index in [1.165, 1.54) is 20.7 Å². The van der Waals surface area contributed by atoms with Gasteiger partial charge in [-0.05, 0) is 57.9 Å². The highest BCUT2D eigenvalue weighted by atomic mass is 32.2. The summed E-state index contributed by atoms with van der Waals surface area (Å²) in [4.78, 5) is 6.81. The highest BCUT2D eigenvalue weighted by Crippen LogP contribution is 2.44. The van der Waals surface area contributed by atoms with Crippen LogP contribution in [0.25, 0.3) is 0 Å². The largest absolute Gasteiger partial charge is 0.491 e. The molecule has 0 amide bonds. The van der Waals surface area contributed by atoms with Gasteiger partial charge in [0.1, 0.15) is 11.6 Å². The number of likely N-dealkylation sites (N-methyl/N-ethyl adjacent to an activating group) is 1. The van der Waals surface area contributed by atoms with Gasteiger partial charge < -0.3 is 4.74 Å². The second-order valence-corrected chi connectivity index (χ2v) is 11.0. The molecule has 1 spiro atoms. The Morgan fingerprint density at radius 3 is 2.75 bits per heavy atom. The van der Waals surface area contributed by atoms with Crippen LogP contribution in [0.3, 0.4) is 0 Å². The van der Waals surface area contributed by atoms with Crippen LogP contribution in [-0.4, -0.2) is 60.4 Å². The minimum atomic E-state index is -3.71. The first kappa shape index (κ1) is 22.9. The summed E-state index contributed by atoms with van der Waals surface area (Å²) in [6.07, 6.45) is 3.15. The number of halogens is 1. The molecule has 4 rings (SSSR count). The Hall–Kier alpha value is -2.23. The lowest BCUT2D eigenvalue weighted by Crippen LogP contribution is -2.57. The van der Waals surface area contributed by atoms with Gasteiger partial charge in [0, 0.05) is 45.0 Å². The number of rotatable bonds is 5. The summed E-state index contributed by atoms with van der Waals surface area (Å²) < 4.78 is 48.9. The Labute approximate surface area is 190 Å². The van der Waals surface area contributed by atoms with E-state index in [4.69, 9.17) is 4.74 Å². The van der Waals surface area contributed by atoms with Crippen molar-refractivity contribution in [2.75, 3.05) is 24.4 Å². The van der Waals surface area contributed by atoms with E-state index in [2.05, 4.69) is 16.8 Å². The number of ether oxygens (including phenoxy) is 1. The fourth-order valence-corrected chi connectivity index (χ4v) is 6.74. The third-order valence-electron chi connectivity index (χ3n) is 6.30. The smallest absolute Gasteiger partial charge is 0.304 e. The maximum atomic E-state index is 14.0. The van der Waals surface area contributed by atoms with Gasteiger partial charge in [-0.25, -0.2) is 4.39 Å². The average molecular weight is 463 g/mol. The lowest BCUT2D eigenvalue weighted by Gasteiger charge is -2.47. The van der Waals surface area contributed by atoms with Crippen molar-refractivity contribution in [1.82, 2.24) is 14.2 Å². The molecule has 174 valence electrons. The number of piperidine rings is 1. The molecule has 1 aromatic carbocycles. The van der Waals surface area contributed by atoms with Crippen LogP contribution >= 0.6 is 0 Å². The van der Waals surface area contributed by atoms with Gasteiger partial charge in [-0.3, -0.25) is 14.2 Å². The van der Waals surface area contributed by atoms with Gasteiger partial charge in [0.25, 0.3) is 0 Å². The third kappa shape index (κ3) is 4.33. The first-order chi connectivity index (χ1) is 15.1. The van der Waals surface area contributed by atoms with Crippen molar-refractivity contribution in [3.05, 3.63) is 54.1 Å². The summed E-state index contributed by atoms with van der Waals surface area (Å²) in [5.41, 5.74) is 0.701. The summed E-state index contributed by atoms with van der Waals surface area (Å²) in [7, 11) is -2.11. The molecule has 32 heavy (non-hydrogen) atoms. The van der Waals surface area contributed by atoms with Crippen LogP contribution < -0.4 is 9.04 Å². The molecule has 3 heterocycles. The lowest BCUT2D eigenvalue weighted by atomic mass is 9.83. The number of hydrogen-bond donors (Lipinski definition) is 0. The molecule has 2 saturated heterocycles. The van der Waals surface area contributed by atoms with Crippen LogP contribution in [0.1, 0.15) is 39.3 Å². The topological polar surface area (TPSA) is 66.0 Å². The zero-order valence-corrected chi connectivity index (χ0v) is 19.8. The van der Waals surface area contributed by atoms with Crippen LogP contribution in [-0.2, 0) is 16.8 Å². The minimum absolute atomic E-state index is 0.0918. The first-order valence-electron chi connectivity index (χ1n) is 11.0. The highest BCUT2D eigenvalue weighted by Gasteiger charge is 2.55. The van der Waals surface area contributed by atoms with Crippen molar-refractivity contribution in [1.29, 1.82) is 0 Å². The second-order valence-electron chi connectivity index (χ2n) is 9.16. The van der Waals surface area contributed by atoms with Crippen molar-refractivity contribution in [2.45, 2.75) is 57.8 Å². The second kappa shape index (κ2) is 8.61. The van der Waals surface area contributed by atoms with Gasteiger partial charge in [-0.1, -0.05) is 6.07 Å². The molecular weight excluding hydrogens is 431 g/mol. The Morgan fingerprint density at radius 2 is 2.06 bits per heavy atom. The average Bonchev–Trinajstić information content (AvgIpc) is 2.89. The molecule has 2 aliphatic heterocycles. The molecule has 0 aliphatic carbocycles. The molecule has 0 bridgehead atoms.